The minimum Gasteiger partial charge on any atom is -0.394 e. The Morgan fingerprint density at radius 1 is 1.00 bits per heavy atom. The molecular formula is C29H35ClN2O14. The van der Waals surface area contributed by atoms with E-state index in [2.05, 4.69) is 5.32 Å². The first-order chi connectivity index (χ1) is 21.9. The molecule has 16 nitrogen and oxygen atoms in total. The van der Waals surface area contributed by atoms with E-state index < -0.39 is 79.2 Å². The van der Waals surface area contributed by atoms with Gasteiger partial charge < -0.3 is 59.3 Å². The van der Waals surface area contributed by atoms with Crippen LogP contribution in [0.15, 0.2) is 42.5 Å². The standard InChI is InChI=1S/C29H35ClN2O14/c1-13(34)31-18-8-15(4-7-17(18)30)11-42-28-24(37)22(35)26(19(10-33)43-28)46-29-25(38)23(36)27-20(44-29)12-41-21(45-27)9-14-2-5-16(6-3-14)32(39)40/h2-8,19-29,33,35-38H,9-12H2,1H3,(H,31,34)/t19-,20-,21?,22-,23-,24-,25-,26-,27-,28-,29-/m1/s1. The molecule has 3 saturated heterocycles. The van der Waals surface area contributed by atoms with Crippen molar-refractivity contribution in [2.75, 3.05) is 18.5 Å². The van der Waals surface area contributed by atoms with Crippen molar-refractivity contribution in [1.82, 2.24) is 0 Å². The van der Waals surface area contributed by atoms with Crippen LogP contribution < -0.4 is 5.32 Å². The minimum absolute atomic E-state index is 0.0635. The van der Waals surface area contributed by atoms with Gasteiger partial charge in [-0.2, -0.15) is 0 Å². The molecule has 0 spiro atoms. The zero-order valence-corrected chi connectivity index (χ0v) is 25.2. The normalized spacial score (nSPS) is 34.5. The number of aliphatic hydroxyl groups excluding tert-OH is 5. The van der Waals surface area contributed by atoms with Gasteiger partial charge in [0.25, 0.3) is 5.69 Å². The molecule has 2 aromatic rings. The zero-order valence-electron chi connectivity index (χ0n) is 24.5. The molecule has 3 heterocycles. The van der Waals surface area contributed by atoms with Crippen LogP contribution in [0.3, 0.4) is 0 Å². The predicted octanol–water partition coefficient (Wildman–Crippen LogP) is -0.0217. The Bertz CT molecular complexity index is 1360. The molecule has 17 heteroatoms. The van der Waals surface area contributed by atoms with Crippen LogP contribution in [0.5, 0.6) is 0 Å². The van der Waals surface area contributed by atoms with Crippen molar-refractivity contribution in [2.24, 2.45) is 0 Å². The zero-order chi connectivity index (χ0) is 33.1. The molecule has 0 saturated carbocycles. The second-order valence-corrected chi connectivity index (χ2v) is 11.5. The number of benzene rings is 2. The predicted molar refractivity (Wildman–Crippen MR) is 155 cm³/mol. The van der Waals surface area contributed by atoms with Gasteiger partial charge in [-0.3, -0.25) is 14.9 Å². The van der Waals surface area contributed by atoms with Gasteiger partial charge in [-0.05, 0) is 23.3 Å². The molecule has 0 radical (unpaired) electrons. The molecule has 0 aromatic heterocycles. The molecule has 1 amide bonds. The number of ether oxygens (including phenoxy) is 6. The molecule has 3 aliphatic heterocycles. The molecule has 252 valence electrons. The van der Waals surface area contributed by atoms with Gasteiger partial charge in [0, 0.05) is 25.5 Å². The molecule has 6 N–H and O–H groups in total. The number of nitrogens with zero attached hydrogens (tertiary/aromatic N) is 1. The highest BCUT2D eigenvalue weighted by atomic mass is 35.5. The van der Waals surface area contributed by atoms with E-state index in [1.807, 2.05) is 0 Å². The van der Waals surface area contributed by atoms with Crippen LogP contribution in [0.4, 0.5) is 11.4 Å². The number of non-ortho nitro benzene ring substituents is 1. The van der Waals surface area contributed by atoms with Crippen molar-refractivity contribution >= 4 is 28.9 Å². The highest BCUT2D eigenvalue weighted by Crippen LogP contribution is 2.33. The maximum absolute atomic E-state index is 11.4. The van der Waals surface area contributed by atoms with E-state index in [0.29, 0.717) is 21.8 Å². The summed E-state index contributed by atoms with van der Waals surface area (Å²) in [6.07, 6.45) is -14.6. The Labute approximate surface area is 267 Å². The van der Waals surface area contributed by atoms with Crippen LogP contribution in [-0.2, 0) is 46.2 Å². The van der Waals surface area contributed by atoms with E-state index in [9.17, 15) is 40.4 Å². The number of halogens is 1. The van der Waals surface area contributed by atoms with Crippen LogP contribution in [0, 0.1) is 10.1 Å². The molecular weight excluding hydrogens is 636 g/mol. The first kappa shape index (κ1) is 34.5. The van der Waals surface area contributed by atoms with Crippen LogP contribution in [0.25, 0.3) is 0 Å². The third-order valence-electron chi connectivity index (χ3n) is 7.81. The molecule has 11 atom stereocenters. The van der Waals surface area contributed by atoms with Crippen LogP contribution in [0.2, 0.25) is 5.02 Å². The second-order valence-electron chi connectivity index (χ2n) is 11.1. The third kappa shape index (κ3) is 7.82. The van der Waals surface area contributed by atoms with E-state index in [1.54, 1.807) is 30.3 Å². The highest BCUT2D eigenvalue weighted by molar-refractivity contribution is 6.33. The summed E-state index contributed by atoms with van der Waals surface area (Å²) in [5.41, 5.74) is 1.54. The lowest BCUT2D eigenvalue weighted by Gasteiger charge is -2.48. The number of rotatable bonds is 10. The van der Waals surface area contributed by atoms with Crippen molar-refractivity contribution < 1.29 is 63.7 Å². The van der Waals surface area contributed by atoms with Gasteiger partial charge in [0.05, 0.1) is 35.5 Å². The van der Waals surface area contributed by atoms with E-state index in [-0.39, 0.29) is 31.2 Å². The third-order valence-corrected chi connectivity index (χ3v) is 8.14. The number of carbonyl (C=O) groups excluding carboxylic acids is 1. The highest BCUT2D eigenvalue weighted by Gasteiger charge is 2.53. The summed E-state index contributed by atoms with van der Waals surface area (Å²) in [5, 5.41) is 67.2. The van der Waals surface area contributed by atoms with E-state index >= 15 is 0 Å². The Balaban J connectivity index is 1.17. The molecule has 3 fully saturated rings. The van der Waals surface area contributed by atoms with Crippen molar-refractivity contribution in [2.45, 2.75) is 87.7 Å². The van der Waals surface area contributed by atoms with Crippen LogP contribution in [-0.4, -0.2) is 117 Å². The topological polar surface area (TPSA) is 229 Å². The van der Waals surface area contributed by atoms with Crippen molar-refractivity contribution in [3.63, 3.8) is 0 Å². The maximum Gasteiger partial charge on any atom is 0.269 e. The summed E-state index contributed by atoms with van der Waals surface area (Å²) in [5.74, 6) is -0.325. The monoisotopic (exact) mass is 670 g/mol. The summed E-state index contributed by atoms with van der Waals surface area (Å²) < 4.78 is 34.5. The summed E-state index contributed by atoms with van der Waals surface area (Å²) in [6, 6.07) is 10.6. The smallest absolute Gasteiger partial charge is 0.269 e. The lowest BCUT2D eigenvalue weighted by molar-refractivity contribution is -0.385. The Morgan fingerprint density at radius 3 is 2.37 bits per heavy atom. The van der Waals surface area contributed by atoms with Gasteiger partial charge in [0.2, 0.25) is 5.91 Å². The molecule has 0 bridgehead atoms. The number of anilines is 1. The van der Waals surface area contributed by atoms with Crippen molar-refractivity contribution in [1.29, 1.82) is 0 Å². The fourth-order valence-electron chi connectivity index (χ4n) is 5.43. The summed E-state index contributed by atoms with van der Waals surface area (Å²) >= 11 is 6.10. The maximum atomic E-state index is 11.4. The summed E-state index contributed by atoms with van der Waals surface area (Å²) in [7, 11) is 0. The first-order valence-electron chi connectivity index (χ1n) is 14.4. The average Bonchev–Trinajstić information content (AvgIpc) is 3.03. The van der Waals surface area contributed by atoms with Gasteiger partial charge in [-0.25, -0.2) is 0 Å². The average molecular weight is 671 g/mol. The molecule has 0 aliphatic carbocycles. The van der Waals surface area contributed by atoms with Gasteiger partial charge in [0.15, 0.2) is 18.9 Å². The first-order valence-corrected chi connectivity index (χ1v) is 14.8. The summed E-state index contributed by atoms with van der Waals surface area (Å²) in [4.78, 5) is 21.8. The summed E-state index contributed by atoms with van der Waals surface area (Å²) in [6.45, 7) is 0.477. The number of nitro benzene ring substituents is 1. The number of aliphatic hydroxyl groups is 5. The Kier molecular flexibility index (Phi) is 11.2. The SMILES string of the molecule is CC(=O)Nc1cc(CO[C@@H]2O[C@H](CO)[C@@H](O[C@H]3O[C@@H]4COC(Cc5ccc([N+](=O)[O-])cc5)O[C@H]4[C@H](O)[C@H]3O)[C@H](O)[C@H]2O)ccc1Cl. The number of hydrogen-bond donors (Lipinski definition) is 6. The van der Waals surface area contributed by atoms with Crippen LogP contribution in [0.1, 0.15) is 18.1 Å². The lowest BCUT2D eigenvalue weighted by Crippen LogP contribution is -2.66. The molecule has 3 aliphatic rings. The quantitative estimate of drug-likeness (QED) is 0.144. The number of carbonyl (C=O) groups is 1. The molecule has 5 rings (SSSR count). The second kappa shape index (κ2) is 14.9. The van der Waals surface area contributed by atoms with E-state index in [0.717, 1.165) is 0 Å². The number of nitro groups is 1. The van der Waals surface area contributed by atoms with Gasteiger partial charge >= 0.3 is 0 Å². The molecule has 1 unspecified atom stereocenters. The van der Waals surface area contributed by atoms with Gasteiger partial charge in [-0.15, -0.1) is 0 Å². The number of nitrogens with one attached hydrogen (secondary N) is 1. The minimum atomic E-state index is -1.67. The van der Waals surface area contributed by atoms with Crippen molar-refractivity contribution in [3.05, 3.63) is 68.7 Å². The number of hydrogen-bond acceptors (Lipinski definition) is 14. The largest absolute Gasteiger partial charge is 0.394 e. The van der Waals surface area contributed by atoms with Gasteiger partial charge in [-0.1, -0.05) is 29.8 Å². The fraction of sp³-hybridized carbons (Fsp3) is 0.552. The van der Waals surface area contributed by atoms with Crippen LogP contribution >= 0.6 is 11.6 Å². The van der Waals surface area contributed by atoms with Crippen molar-refractivity contribution in [3.8, 4) is 0 Å². The fourth-order valence-corrected chi connectivity index (χ4v) is 5.59. The number of fused-ring (bicyclic) bond motifs is 1. The number of amides is 1. The molecule has 46 heavy (non-hydrogen) atoms. The Hall–Kier alpha value is -2.84. The van der Waals surface area contributed by atoms with E-state index in [1.165, 1.54) is 19.1 Å². The lowest BCUT2D eigenvalue weighted by atomic mass is 9.96. The van der Waals surface area contributed by atoms with E-state index in [4.69, 9.17) is 40.0 Å². The van der Waals surface area contributed by atoms with Gasteiger partial charge in [0.1, 0.15) is 48.8 Å². The Morgan fingerprint density at radius 2 is 1.70 bits per heavy atom. The molecule has 2 aromatic carbocycles.